The molecular formula is C6H11N3O. The van der Waals surface area contributed by atoms with Gasteiger partial charge in [0, 0.05) is 12.6 Å². The van der Waals surface area contributed by atoms with Gasteiger partial charge in [0.15, 0.2) is 0 Å². The normalized spacial score (nSPS) is 13.0. The minimum absolute atomic E-state index is 0.117. The molecule has 1 unspecified atom stereocenters. The third kappa shape index (κ3) is 2.06. The largest absolute Gasteiger partial charge is 0.432 e. The second-order valence-electron chi connectivity index (χ2n) is 2.20. The van der Waals surface area contributed by atoms with Crippen molar-refractivity contribution in [2.24, 2.45) is 5.73 Å². The molecule has 1 heterocycles. The van der Waals surface area contributed by atoms with Gasteiger partial charge in [-0.25, -0.2) is 4.98 Å². The van der Waals surface area contributed by atoms with Gasteiger partial charge in [0.05, 0.1) is 6.20 Å². The van der Waals surface area contributed by atoms with Crippen molar-refractivity contribution in [2.45, 2.75) is 13.0 Å². The van der Waals surface area contributed by atoms with E-state index in [-0.39, 0.29) is 6.04 Å². The lowest BCUT2D eigenvalue weighted by Gasteiger charge is -2.03. The maximum atomic E-state index is 5.48. The van der Waals surface area contributed by atoms with E-state index in [2.05, 4.69) is 10.3 Å². The number of aromatic nitrogens is 1. The van der Waals surface area contributed by atoms with E-state index in [4.69, 9.17) is 10.2 Å². The van der Waals surface area contributed by atoms with Crippen LogP contribution in [0.25, 0.3) is 0 Å². The summed E-state index contributed by atoms with van der Waals surface area (Å²) in [6.45, 7) is 2.59. The first kappa shape index (κ1) is 7.08. The van der Waals surface area contributed by atoms with Crippen LogP contribution < -0.4 is 11.1 Å². The van der Waals surface area contributed by atoms with Crippen molar-refractivity contribution in [1.29, 1.82) is 0 Å². The van der Waals surface area contributed by atoms with Gasteiger partial charge in [-0.05, 0) is 6.92 Å². The Hall–Kier alpha value is -1.03. The van der Waals surface area contributed by atoms with Crippen molar-refractivity contribution in [3.63, 3.8) is 0 Å². The molecule has 3 N–H and O–H groups in total. The number of hydrogen-bond donors (Lipinski definition) is 2. The van der Waals surface area contributed by atoms with Gasteiger partial charge in [0.1, 0.15) is 6.26 Å². The zero-order valence-corrected chi connectivity index (χ0v) is 5.87. The van der Waals surface area contributed by atoms with Crippen LogP contribution in [0.15, 0.2) is 16.9 Å². The molecule has 4 heteroatoms. The summed E-state index contributed by atoms with van der Waals surface area (Å²) in [5.41, 5.74) is 5.48. The summed E-state index contributed by atoms with van der Waals surface area (Å²) in [6, 6.07) is 0.643. The Bertz CT molecular complexity index is 171. The maximum Gasteiger partial charge on any atom is 0.294 e. The molecule has 56 valence electrons. The predicted molar refractivity (Wildman–Crippen MR) is 38.6 cm³/mol. The van der Waals surface area contributed by atoms with Crippen molar-refractivity contribution >= 4 is 6.01 Å². The molecule has 0 spiro atoms. The Morgan fingerprint density at radius 1 is 1.90 bits per heavy atom. The van der Waals surface area contributed by atoms with Crippen LogP contribution in [-0.4, -0.2) is 17.6 Å². The number of anilines is 1. The fraction of sp³-hybridized carbons (Fsp3) is 0.500. The Kier molecular flexibility index (Phi) is 2.28. The van der Waals surface area contributed by atoms with Crippen molar-refractivity contribution in [1.82, 2.24) is 4.98 Å². The molecule has 0 aliphatic carbocycles. The van der Waals surface area contributed by atoms with Crippen LogP contribution in [0, 0.1) is 0 Å². The monoisotopic (exact) mass is 141 g/mol. The van der Waals surface area contributed by atoms with Gasteiger partial charge in [0.2, 0.25) is 0 Å². The first-order valence-electron chi connectivity index (χ1n) is 3.18. The third-order valence-corrected chi connectivity index (χ3v) is 1.01. The lowest BCUT2D eigenvalue weighted by Crippen LogP contribution is -2.25. The van der Waals surface area contributed by atoms with E-state index in [1.165, 1.54) is 6.26 Å². The predicted octanol–water partition coefficient (Wildman–Crippen LogP) is 0.434. The Labute approximate surface area is 59.4 Å². The summed E-state index contributed by atoms with van der Waals surface area (Å²) in [6.07, 6.45) is 3.10. The van der Waals surface area contributed by atoms with Crippen LogP contribution in [0.2, 0.25) is 0 Å². The van der Waals surface area contributed by atoms with E-state index in [0.29, 0.717) is 12.6 Å². The minimum Gasteiger partial charge on any atom is -0.432 e. The third-order valence-electron chi connectivity index (χ3n) is 1.01. The molecule has 1 aromatic rings. The number of nitrogens with two attached hydrogens (primary N) is 1. The summed E-state index contributed by atoms with van der Waals surface area (Å²) in [5, 5.41) is 2.92. The average molecular weight is 141 g/mol. The van der Waals surface area contributed by atoms with Crippen LogP contribution in [-0.2, 0) is 0 Å². The van der Waals surface area contributed by atoms with Crippen molar-refractivity contribution in [3.8, 4) is 0 Å². The minimum atomic E-state index is 0.117. The van der Waals surface area contributed by atoms with E-state index < -0.39 is 0 Å². The average Bonchev–Trinajstić information content (AvgIpc) is 2.34. The maximum absolute atomic E-state index is 5.48. The van der Waals surface area contributed by atoms with Gasteiger partial charge in [-0.2, -0.15) is 0 Å². The van der Waals surface area contributed by atoms with Gasteiger partial charge in [-0.1, -0.05) is 0 Å². The smallest absolute Gasteiger partial charge is 0.294 e. The van der Waals surface area contributed by atoms with Crippen LogP contribution in [0.5, 0.6) is 0 Å². The summed E-state index contributed by atoms with van der Waals surface area (Å²) < 4.78 is 4.91. The van der Waals surface area contributed by atoms with Gasteiger partial charge in [-0.15, -0.1) is 0 Å². The number of rotatable bonds is 3. The zero-order valence-electron chi connectivity index (χ0n) is 5.87. The molecule has 0 radical (unpaired) electrons. The van der Waals surface area contributed by atoms with Crippen LogP contribution >= 0.6 is 0 Å². The van der Waals surface area contributed by atoms with Gasteiger partial charge in [-0.3, -0.25) is 0 Å². The zero-order chi connectivity index (χ0) is 7.40. The lowest BCUT2D eigenvalue weighted by molar-refractivity contribution is 0.567. The topological polar surface area (TPSA) is 64.1 Å². The highest BCUT2D eigenvalue weighted by Crippen LogP contribution is 1.99. The molecule has 10 heavy (non-hydrogen) atoms. The van der Waals surface area contributed by atoms with E-state index >= 15 is 0 Å². The second-order valence-corrected chi connectivity index (χ2v) is 2.20. The quantitative estimate of drug-likeness (QED) is 0.640. The first-order valence-corrected chi connectivity index (χ1v) is 3.18. The standard InChI is InChI=1S/C6H11N3O/c1-5(7)4-9-6-8-2-3-10-6/h2-3,5H,4,7H2,1H3,(H,8,9). The van der Waals surface area contributed by atoms with E-state index in [0.717, 1.165) is 0 Å². The van der Waals surface area contributed by atoms with E-state index in [1.54, 1.807) is 6.20 Å². The molecule has 0 aliphatic heterocycles. The molecule has 0 fully saturated rings. The van der Waals surface area contributed by atoms with Crippen LogP contribution in [0.3, 0.4) is 0 Å². The fourth-order valence-electron chi connectivity index (χ4n) is 0.559. The van der Waals surface area contributed by atoms with Crippen LogP contribution in [0.4, 0.5) is 6.01 Å². The highest BCUT2D eigenvalue weighted by Gasteiger charge is 1.96. The van der Waals surface area contributed by atoms with Crippen molar-refractivity contribution < 1.29 is 4.42 Å². The molecule has 0 saturated carbocycles. The number of nitrogens with zero attached hydrogens (tertiary/aromatic N) is 1. The van der Waals surface area contributed by atoms with Gasteiger partial charge >= 0.3 is 0 Å². The molecule has 0 aromatic carbocycles. The van der Waals surface area contributed by atoms with Crippen LogP contribution in [0.1, 0.15) is 6.92 Å². The number of hydrogen-bond acceptors (Lipinski definition) is 4. The highest BCUT2D eigenvalue weighted by molar-refractivity contribution is 5.17. The van der Waals surface area contributed by atoms with Gasteiger partial charge in [0.25, 0.3) is 6.01 Å². The number of nitrogens with one attached hydrogen (secondary N) is 1. The molecule has 1 aromatic heterocycles. The molecule has 0 aliphatic rings. The van der Waals surface area contributed by atoms with E-state index in [1.807, 2.05) is 6.92 Å². The lowest BCUT2D eigenvalue weighted by atomic mass is 10.4. The first-order chi connectivity index (χ1) is 4.79. The number of oxazole rings is 1. The summed E-state index contributed by atoms with van der Waals surface area (Å²) in [5.74, 6) is 0. The Morgan fingerprint density at radius 3 is 3.20 bits per heavy atom. The second kappa shape index (κ2) is 3.22. The molecule has 1 atom stereocenters. The molecule has 4 nitrogen and oxygen atoms in total. The van der Waals surface area contributed by atoms with Crippen molar-refractivity contribution in [2.75, 3.05) is 11.9 Å². The summed E-state index contributed by atoms with van der Waals surface area (Å²) in [4.78, 5) is 3.85. The molecule has 0 bridgehead atoms. The molecular weight excluding hydrogens is 130 g/mol. The molecule has 0 amide bonds. The highest BCUT2D eigenvalue weighted by atomic mass is 16.4. The Morgan fingerprint density at radius 2 is 2.70 bits per heavy atom. The summed E-state index contributed by atoms with van der Waals surface area (Å²) in [7, 11) is 0. The van der Waals surface area contributed by atoms with Gasteiger partial charge < -0.3 is 15.5 Å². The van der Waals surface area contributed by atoms with E-state index in [9.17, 15) is 0 Å². The molecule has 0 saturated heterocycles. The SMILES string of the molecule is CC(N)CNc1ncco1. The summed E-state index contributed by atoms with van der Waals surface area (Å²) >= 11 is 0. The Balaban J connectivity index is 2.28. The fourth-order valence-corrected chi connectivity index (χ4v) is 0.559. The molecule has 1 rings (SSSR count). The van der Waals surface area contributed by atoms with Crippen molar-refractivity contribution in [3.05, 3.63) is 12.5 Å².